The quantitative estimate of drug-likeness (QED) is 0.686. The molecule has 0 bridgehead atoms. The van der Waals surface area contributed by atoms with Crippen LogP contribution in [0.15, 0.2) is 29.2 Å². The molecule has 1 aromatic heterocycles. The highest BCUT2D eigenvalue weighted by Crippen LogP contribution is 2.22. The summed E-state index contributed by atoms with van der Waals surface area (Å²) in [5.41, 5.74) is 7.43. The van der Waals surface area contributed by atoms with Gasteiger partial charge >= 0.3 is 5.97 Å². The van der Waals surface area contributed by atoms with Gasteiger partial charge in [0, 0.05) is 29.6 Å². The van der Waals surface area contributed by atoms with Crippen molar-refractivity contribution in [2.24, 2.45) is 0 Å². The van der Waals surface area contributed by atoms with Crippen LogP contribution in [0, 0.1) is 6.92 Å². The molecule has 5 nitrogen and oxygen atoms in total. The van der Waals surface area contributed by atoms with Crippen molar-refractivity contribution in [3.8, 4) is 0 Å². The predicted octanol–water partition coefficient (Wildman–Crippen LogP) is 2.02. The third-order valence-electron chi connectivity index (χ3n) is 3.37. The Morgan fingerprint density at radius 1 is 1.35 bits per heavy atom. The summed E-state index contributed by atoms with van der Waals surface area (Å²) in [5.74, 6) is -0.356. The van der Waals surface area contributed by atoms with Gasteiger partial charge in [0.15, 0.2) is 0 Å². The van der Waals surface area contributed by atoms with E-state index in [9.17, 15) is 9.59 Å². The number of nitrogen functional groups attached to an aromatic ring is 1. The van der Waals surface area contributed by atoms with Crippen molar-refractivity contribution in [3.63, 3.8) is 0 Å². The summed E-state index contributed by atoms with van der Waals surface area (Å²) < 4.78 is 6.50. The summed E-state index contributed by atoms with van der Waals surface area (Å²) >= 11 is 0. The molecule has 5 heteroatoms. The van der Waals surface area contributed by atoms with Crippen LogP contribution >= 0.6 is 0 Å². The molecule has 0 amide bonds. The number of aryl methyl sites for hydroxylation is 1. The molecule has 0 aliphatic carbocycles. The molecular formula is C15H18N2O3. The molecule has 0 fully saturated rings. The number of fused-ring (bicyclic) bond motifs is 1. The lowest BCUT2D eigenvalue weighted by Crippen LogP contribution is -2.26. The SMILES string of the molecule is CC(=O)OCC(C)n1ccc2c(N)c(C)ccc2c1=O. The number of pyridine rings is 1. The highest BCUT2D eigenvalue weighted by atomic mass is 16.5. The number of benzene rings is 1. The summed E-state index contributed by atoms with van der Waals surface area (Å²) in [5, 5.41) is 1.33. The molecule has 0 aliphatic heterocycles. The zero-order valence-corrected chi connectivity index (χ0v) is 11.8. The van der Waals surface area contributed by atoms with Crippen LogP contribution in [-0.4, -0.2) is 17.1 Å². The molecule has 0 spiro atoms. The Hall–Kier alpha value is -2.30. The number of hydrogen-bond donors (Lipinski definition) is 1. The van der Waals surface area contributed by atoms with Crippen LogP contribution in [0.5, 0.6) is 0 Å². The van der Waals surface area contributed by atoms with Crippen LogP contribution in [0.2, 0.25) is 0 Å². The second kappa shape index (κ2) is 5.36. The highest BCUT2D eigenvalue weighted by molar-refractivity contribution is 5.93. The van der Waals surface area contributed by atoms with E-state index >= 15 is 0 Å². The van der Waals surface area contributed by atoms with Gasteiger partial charge in [-0.05, 0) is 31.5 Å². The molecule has 2 rings (SSSR count). The number of nitrogens with zero attached hydrogens (tertiary/aromatic N) is 1. The van der Waals surface area contributed by atoms with E-state index in [2.05, 4.69) is 0 Å². The third kappa shape index (κ3) is 2.52. The minimum atomic E-state index is -0.356. The minimum absolute atomic E-state index is 0.131. The number of hydrogen-bond acceptors (Lipinski definition) is 4. The fourth-order valence-electron chi connectivity index (χ4n) is 2.14. The Morgan fingerprint density at radius 2 is 2.05 bits per heavy atom. The van der Waals surface area contributed by atoms with E-state index in [1.807, 2.05) is 26.0 Å². The number of aromatic nitrogens is 1. The molecule has 106 valence electrons. The molecule has 1 aromatic carbocycles. The van der Waals surface area contributed by atoms with Gasteiger partial charge < -0.3 is 15.0 Å². The molecule has 0 saturated carbocycles. The first-order valence-corrected chi connectivity index (χ1v) is 6.45. The lowest BCUT2D eigenvalue weighted by Gasteiger charge is -2.16. The Labute approximate surface area is 117 Å². The molecule has 1 atom stereocenters. The zero-order valence-electron chi connectivity index (χ0n) is 11.8. The Kier molecular flexibility index (Phi) is 3.79. The van der Waals surface area contributed by atoms with Crippen LogP contribution in [0.4, 0.5) is 5.69 Å². The van der Waals surface area contributed by atoms with Crippen molar-refractivity contribution in [2.45, 2.75) is 26.8 Å². The molecule has 1 heterocycles. The fourth-order valence-corrected chi connectivity index (χ4v) is 2.14. The van der Waals surface area contributed by atoms with Gasteiger partial charge in [0.05, 0.1) is 6.04 Å². The van der Waals surface area contributed by atoms with Crippen LogP contribution in [0.3, 0.4) is 0 Å². The van der Waals surface area contributed by atoms with Crippen LogP contribution < -0.4 is 11.3 Å². The van der Waals surface area contributed by atoms with E-state index in [-0.39, 0.29) is 24.2 Å². The smallest absolute Gasteiger partial charge is 0.302 e. The summed E-state index contributed by atoms with van der Waals surface area (Å²) in [4.78, 5) is 23.3. The maximum Gasteiger partial charge on any atom is 0.302 e. The Balaban J connectivity index is 2.47. The van der Waals surface area contributed by atoms with Crippen molar-refractivity contribution in [1.82, 2.24) is 4.57 Å². The highest BCUT2D eigenvalue weighted by Gasteiger charge is 2.12. The number of rotatable bonds is 3. The number of nitrogens with two attached hydrogens (primary N) is 1. The standard InChI is InChI=1S/C15H18N2O3/c1-9-4-5-13-12(14(9)16)6-7-17(15(13)19)10(2)8-20-11(3)18/h4-7,10H,8,16H2,1-3H3. The lowest BCUT2D eigenvalue weighted by molar-refractivity contribution is -0.141. The van der Waals surface area contributed by atoms with Gasteiger partial charge in [-0.25, -0.2) is 0 Å². The first-order valence-electron chi connectivity index (χ1n) is 6.45. The topological polar surface area (TPSA) is 74.3 Å². The number of anilines is 1. The van der Waals surface area contributed by atoms with E-state index in [4.69, 9.17) is 10.5 Å². The van der Waals surface area contributed by atoms with Crippen LogP contribution in [0.25, 0.3) is 10.8 Å². The molecule has 2 N–H and O–H groups in total. The summed E-state index contributed by atoms with van der Waals surface area (Å²) in [6.45, 7) is 5.25. The molecular weight excluding hydrogens is 256 g/mol. The number of carbonyl (C=O) groups excluding carboxylic acids is 1. The average molecular weight is 274 g/mol. The number of carbonyl (C=O) groups is 1. The Bertz CT molecular complexity index is 719. The van der Waals surface area contributed by atoms with Gasteiger partial charge in [-0.15, -0.1) is 0 Å². The van der Waals surface area contributed by atoms with E-state index < -0.39 is 0 Å². The molecule has 1 unspecified atom stereocenters. The first kappa shape index (κ1) is 14.1. The van der Waals surface area contributed by atoms with Crippen molar-refractivity contribution in [1.29, 1.82) is 0 Å². The van der Waals surface area contributed by atoms with Crippen LogP contribution in [0.1, 0.15) is 25.5 Å². The second-order valence-corrected chi connectivity index (χ2v) is 4.94. The molecule has 20 heavy (non-hydrogen) atoms. The molecule has 0 radical (unpaired) electrons. The van der Waals surface area contributed by atoms with Crippen molar-refractivity contribution < 1.29 is 9.53 Å². The summed E-state index contributed by atoms with van der Waals surface area (Å²) in [6.07, 6.45) is 1.69. The van der Waals surface area contributed by atoms with Gasteiger partial charge in [0.1, 0.15) is 6.61 Å². The Morgan fingerprint density at radius 3 is 2.70 bits per heavy atom. The van der Waals surface area contributed by atoms with Crippen molar-refractivity contribution in [2.75, 3.05) is 12.3 Å². The summed E-state index contributed by atoms with van der Waals surface area (Å²) in [7, 11) is 0. The van der Waals surface area contributed by atoms with Gasteiger partial charge in [0.25, 0.3) is 5.56 Å². The van der Waals surface area contributed by atoms with Crippen molar-refractivity contribution >= 4 is 22.4 Å². The third-order valence-corrected chi connectivity index (χ3v) is 3.37. The molecule has 0 aliphatic rings. The molecule has 2 aromatic rings. The van der Waals surface area contributed by atoms with Crippen LogP contribution in [-0.2, 0) is 9.53 Å². The number of ether oxygens (including phenoxy) is 1. The predicted molar refractivity (Wildman–Crippen MR) is 78.7 cm³/mol. The average Bonchev–Trinajstić information content (AvgIpc) is 2.41. The van der Waals surface area contributed by atoms with Gasteiger partial charge in [0.2, 0.25) is 0 Å². The minimum Gasteiger partial charge on any atom is -0.464 e. The fraction of sp³-hybridized carbons (Fsp3) is 0.333. The maximum atomic E-state index is 12.4. The summed E-state index contributed by atoms with van der Waals surface area (Å²) in [6, 6.07) is 5.21. The van der Waals surface area contributed by atoms with Gasteiger partial charge in [-0.3, -0.25) is 9.59 Å². The van der Waals surface area contributed by atoms with Gasteiger partial charge in [-0.1, -0.05) is 6.07 Å². The molecule has 0 saturated heterocycles. The van der Waals surface area contributed by atoms with E-state index in [0.717, 1.165) is 10.9 Å². The van der Waals surface area contributed by atoms with E-state index in [1.165, 1.54) is 6.92 Å². The van der Waals surface area contributed by atoms with Crippen molar-refractivity contribution in [3.05, 3.63) is 40.3 Å². The van der Waals surface area contributed by atoms with Gasteiger partial charge in [-0.2, -0.15) is 0 Å². The lowest BCUT2D eigenvalue weighted by atomic mass is 10.1. The first-order chi connectivity index (χ1) is 9.41. The van der Waals surface area contributed by atoms with E-state index in [0.29, 0.717) is 11.1 Å². The largest absolute Gasteiger partial charge is 0.464 e. The number of esters is 1. The normalized spacial score (nSPS) is 12.3. The second-order valence-electron chi connectivity index (χ2n) is 4.94. The zero-order chi connectivity index (χ0) is 14.9. The maximum absolute atomic E-state index is 12.4. The monoisotopic (exact) mass is 274 g/mol. The van der Waals surface area contributed by atoms with E-state index in [1.54, 1.807) is 16.8 Å².